The molecule has 0 spiro atoms. The number of hydrogen-bond acceptors (Lipinski definition) is 4. The number of aliphatic imine (C=N–C) groups is 1. The molecule has 0 unspecified atom stereocenters. The number of halogens is 4. The first-order valence-corrected chi connectivity index (χ1v) is 10.6. The Kier molecular flexibility index (Phi) is 11.7. The van der Waals surface area contributed by atoms with Gasteiger partial charge in [-0.05, 0) is 51.7 Å². The van der Waals surface area contributed by atoms with Crippen LogP contribution in [0.25, 0.3) is 0 Å². The molecule has 2 N–H and O–H groups in total. The van der Waals surface area contributed by atoms with Crippen LogP contribution < -0.4 is 10.6 Å². The molecule has 1 aliphatic heterocycles. The summed E-state index contributed by atoms with van der Waals surface area (Å²) >= 11 is 1.04. The molecule has 0 radical (unpaired) electrons. The Balaban J connectivity index is 0.00000392. The highest BCUT2D eigenvalue weighted by molar-refractivity contribution is 14.0. The van der Waals surface area contributed by atoms with Crippen LogP contribution in [0.1, 0.15) is 43.8 Å². The van der Waals surface area contributed by atoms with Crippen LogP contribution in [0.15, 0.2) is 10.4 Å². The third-order valence-electron chi connectivity index (χ3n) is 4.78. The first-order chi connectivity index (χ1) is 12.9. The summed E-state index contributed by atoms with van der Waals surface area (Å²) in [4.78, 5) is 10.7. The lowest BCUT2D eigenvalue weighted by Gasteiger charge is -2.30. The van der Waals surface area contributed by atoms with Gasteiger partial charge in [-0.25, -0.2) is 4.98 Å². The zero-order valence-electron chi connectivity index (χ0n) is 16.5. The number of thiazole rings is 1. The average Bonchev–Trinajstić information content (AvgIpc) is 3.12. The minimum Gasteiger partial charge on any atom is -0.357 e. The van der Waals surface area contributed by atoms with Gasteiger partial charge in [0.25, 0.3) is 0 Å². The van der Waals surface area contributed by atoms with Gasteiger partial charge in [0, 0.05) is 31.4 Å². The predicted molar refractivity (Wildman–Crippen MR) is 120 cm³/mol. The van der Waals surface area contributed by atoms with Crippen LogP contribution >= 0.6 is 35.3 Å². The Morgan fingerprint density at radius 2 is 2.00 bits per heavy atom. The van der Waals surface area contributed by atoms with E-state index in [2.05, 4.69) is 32.4 Å². The molecule has 2 rings (SSSR count). The van der Waals surface area contributed by atoms with Crippen LogP contribution in [0, 0.1) is 5.92 Å². The maximum Gasteiger partial charge on any atom is 0.434 e. The number of hydrogen-bond donors (Lipinski definition) is 2. The summed E-state index contributed by atoms with van der Waals surface area (Å²) < 4.78 is 37.7. The standard InChI is InChI=1S/C18H30F3N5S.HI/c1-3-22-17(23-9-5-14-7-11-26(4-2)12-8-14)24-10-6-16-25-15(13-27-16)18(19,20)21;/h13-14H,3-12H2,1-2H3,(H2,22,23,24);1H. The van der Waals surface area contributed by atoms with E-state index in [1.807, 2.05) is 6.92 Å². The molecule has 1 aromatic heterocycles. The quantitative estimate of drug-likeness (QED) is 0.302. The molecule has 1 saturated heterocycles. The average molecular weight is 533 g/mol. The maximum atomic E-state index is 12.6. The summed E-state index contributed by atoms with van der Waals surface area (Å²) in [5, 5.41) is 7.92. The molecule has 0 bridgehead atoms. The lowest BCUT2D eigenvalue weighted by molar-refractivity contribution is -0.140. The van der Waals surface area contributed by atoms with Crippen LogP contribution in [0.2, 0.25) is 0 Å². The van der Waals surface area contributed by atoms with Crippen molar-refractivity contribution in [2.75, 3.05) is 39.3 Å². The van der Waals surface area contributed by atoms with Gasteiger partial charge in [-0.15, -0.1) is 35.3 Å². The van der Waals surface area contributed by atoms with Crippen molar-refractivity contribution in [2.45, 2.75) is 45.7 Å². The molecule has 0 aliphatic carbocycles. The smallest absolute Gasteiger partial charge is 0.357 e. The number of guanidine groups is 1. The van der Waals surface area contributed by atoms with E-state index < -0.39 is 11.9 Å². The van der Waals surface area contributed by atoms with Gasteiger partial charge in [0.2, 0.25) is 0 Å². The zero-order chi connectivity index (χ0) is 19.7. The molecule has 1 aliphatic rings. The van der Waals surface area contributed by atoms with Crippen molar-refractivity contribution >= 4 is 41.3 Å². The lowest BCUT2D eigenvalue weighted by atomic mass is 9.94. The molecular weight excluding hydrogens is 502 g/mol. The Labute approximate surface area is 186 Å². The molecule has 5 nitrogen and oxygen atoms in total. The van der Waals surface area contributed by atoms with Crippen molar-refractivity contribution < 1.29 is 13.2 Å². The summed E-state index contributed by atoms with van der Waals surface area (Å²) in [6.07, 6.45) is -0.375. The number of nitrogens with zero attached hydrogens (tertiary/aromatic N) is 3. The van der Waals surface area contributed by atoms with Gasteiger partial charge in [0.15, 0.2) is 11.7 Å². The van der Waals surface area contributed by atoms with Gasteiger partial charge < -0.3 is 15.5 Å². The Morgan fingerprint density at radius 1 is 1.29 bits per heavy atom. The summed E-state index contributed by atoms with van der Waals surface area (Å²) in [7, 11) is 0. The van der Waals surface area contributed by atoms with Crippen molar-refractivity contribution in [1.82, 2.24) is 20.5 Å². The van der Waals surface area contributed by atoms with Crippen molar-refractivity contribution in [3.63, 3.8) is 0 Å². The van der Waals surface area contributed by atoms with Crippen molar-refractivity contribution in [3.8, 4) is 0 Å². The minimum atomic E-state index is -4.37. The molecule has 1 fully saturated rings. The van der Waals surface area contributed by atoms with Crippen molar-refractivity contribution in [2.24, 2.45) is 10.9 Å². The number of nitrogens with one attached hydrogen (secondary N) is 2. The van der Waals surface area contributed by atoms with E-state index in [-0.39, 0.29) is 24.0 Å². The molecular formula is C18H31F3IN5S. The number of aromatic nitrogens is 1. The number of likely N-dealkylation sites (tertiary alicyclic amines) is 1. The maximum absolute atomic E-state index is 12.6. The summed E-state index contributed by atoms with van der Waals surface area (Å²) in [5.74, 6) is 1.45. The van der Waals surface area contributed by atoms with E-state index in [1.165, 1.54) is 25.9 Å². The number of rotatable bonds is 8. The third kappa shape index (κ3) is 8.81. The summed E-state index contributed by atoms with van der Waals surface area (Å²) in [6, 6.07) is 0. The highest BCUT2D eigenvalue weighted by atomic mass is 127. The van der Waals surface area contributed by atoms with Crippen molar-refractivity contribution in [1.29, 1.82) is 0 Å². The number of piperidine rings is 1. The SMILES string of the molecule is CCNC(=NCCC1CCN(CC)CC1)NCCc1nc(C(F)(F)F)cs1.I. The second kappa shape index (κ2) is 12.8. The molecule has 0 saturated carbocycles. The second-order valence-electron chi connectivity index (χ2n) is 6.73. The highest BCUT2D eigenvalue weighted by Gasteiger charge is 2.33. The van der Waals surface area contributed by atoms with E-state index in [9.17, 15) is 13.2 Å². The van der Waals surface area contributed by atoms with Gasteiger partial charge >= 0.3 is 6.18 Å². The summed E-state index contributed by atoms with van der Waals surface area (Å²) in [5.41, 5.74) is -0.808. The number of alkyl halides is 3. The first kappa shape index (κ1) is 25.4. The molecule has 2 heterocycles. The molecule has 0 atom stereocenters. The fourth-order valence-electron chi connectivity index (χ4n) is 3.14. The largest absolute Gasteiger partial charge is 0.434 e. The van der Waals surface area contributed by atoms with Gasteiger partial charge in [0.05, 0.1) is 5.01 Å². The fraction of sp³-hybridized carbons (Fsp3) is 0.778. The van der Waals surface area contributed by atoms with E-state index in [0.29, 0.717) is 18.0 Å². The Morgan fingerprint density at radius 3 is 2.57 bits per heavy atom. The molecule has 1 aromatic rings. The topological polar surface area (TPSA) is 52.6 Å². The fourth-order valence-corrected chi connectivity index (χ4v) is 3.94. The van der Waals surface area contributed by atoms with E-state index >= 15 is 0 Å². The predicted octanol–water partition coefficient (Wildman–Crippen LogP) is 4.00. The third-order valence-corrected chi connectivity index (χ3v) is 5.69. The van der Waals surface area contributed by atoms with Crippen LogP contribution in [-0.4, -0.2) is 55.1 Å². The van der Waals surface area contributed by atoms with E-state index in [1.54, 1.807) is 0 Å². The molecule has 0 aromatic carbocycles. The van der Waals surface area contributed by atoms with Gasteiger partial charge in [0.1, 0.15) is 0 Å². The van der Waals surface area contributed by atoms with Gasteiger partial charge in [-0.3, -0.25) is 4.99 Å². The normalized spacial score (nSPS) is 16.7. The van der Waals surface area contributed by atoms with Crippen LogP contribution in [-0.2, 0) is 12.6 Å². The highest BCUT2D eigenvalue weighted by Crippen LogP contribution is 2.30. The summed E-state index contributed by atoms with van der Waals surface area (Å²) in [6.45, 7) is 9.70. The second-order valence-corrected chi connectivity index (χ2v) is 7.67. The van der Waals surface area contributed by atoms with Crippen molar-refractivity contribution in [3.05, 3.63) is 16.1 Å². The Hall–Kier alpha value is -0.620. The molecule has 28 heavy (non-hydrogen) atoms. The molecule has 10 heteroatoms. The Bertz CT molecular complexity index is 586. The monoisotopic (exact) mass is 533 g/mol. The minimum absolute atomic E-state index is 0. The van der Waals surface area contributed by atoms with Crippen LogP contribution in [0.3, 0.4) is 0 Å². The molecule has 0 amide bonds. The first-order valence-electron chi connectivity index (χ1n) is 9.68. The van der Waals surface area contributed by atoms with Gasteiger partial charge in [-0.2, -0.15) is 13.2 Å². The molecule has 162 valence electrons. The van der Waals surface area contributed by atoms with Crippen LogP contribution in [0.4, 0.5) is 13.2 Å². The van der Waals surface area contributed by atoms with E-state index in [0.717, 1.165) is 54.6 Å². The van der Waals surface area contributed by atoms with Crippen LogP contribution in [0.5, 0.6) is 0 Å². The zero-order valence-corrected chi connectivity index (χ0v) is 19.7. The van der Waals surface area contributed by atoms with Gasteiger partial charge in [-0.1, -0.05) is 6.92 Å². The lowest BCUT2D eigenvalue weighted by Crippen LogP contribution is -2.38. The van der Waals surface area contributed by atoms with E-state index in [4.69, 9.17) is 0 Å².